The molecule has 0 amide bonds. The number of hydrogen-bond donors (Lipinski definition) is 0. The van der Waals surface area contributed by atoms with Crippen molar-refractivity contribution in [1.29, 1.82) is 0 Å². The summed E-state index contributed by atoms with van der Waals surface area (Å²) in [5.41, 5.74) is 4.60. The van der Waals surface area contributed by atoms with Crippen LogP contribution in [0.1, 0.15) is 54.2 Å². The van der Waals surface area contributed by atoms with Crippen LogP contribution < -0.4 is 0 Å². The largest absolute Gasteiger partial charge is 0.294 e. The summed E-state index contributed by atoms with van der Waals surface area (Å²) in [6.45, 7) is 8.23. The van der Waals surface area contributed by atoms with Gasteiger partial charge in [0.05, 0.1) is 0 Å². The first-order chi connectivity index (χ1) is 13.9. The van der Waals surface area contributed by atoms with Gasteiger partial charge in [0.15, 0.2) is 5.78 Å². The Morgan fingerprint density at radius 3 is 1.79 bits per heavy atom. The van der Waals surface area contributed by atoms with Gasteiger partial charge in [-0.2, -0.15) is 0 Å². The van der Waals surface area contributed by atoms with Crippen LogP contribution in [-0.4, -0.2) is 22.8 Å². The van der Waals surface area contributed by atoms with Crippen molar-refractivity contribution in [1.82, 2.24) is 4.90 Å². The standard InChI is InChI=1S/C27H31NO/c1-27(2,3)28(21-24-12-8-5-9-13-24)19-18-26(29)25-16-14-23(15-17-25)20-22-10-6-4-7-11-22/h4-17H,18-21H2,1-3H3. The van der Waals surface area contributed by atoms with E-state index in [-0.39, 0.29) is 11.3 Å². The lowest BCUT2D eigenvalue weighted by molar-refractivity contribution is 0.0896. The molecule has 0 N–H and O–H groups in total. The molecule has 3 aromatic rings. The van der Waals surface area contributed by atoms with E-state index in [0.717, 1.165) is 25.1 Å². The number of benzene rings is 3. The lowest BCUT2D eigenvalue weighted by Gasteiger charge is -2.35. The van der Waals surface area contributed by atoms with Crippen molar-refractivity contribution in [2.24, 2.45) is 0 Å². The molecular formula is C27H31NO. The van der Waals surface area contributed by atoms with Gasteiger partial charge >= 0.3 is 0 Å². The maximum absolute atomic E-state index is 12.8. The Bertz CT molecular complexity index is 893. The molecule has 0 radical (unpaired) electrons. The second-order valence-corrected chi connectivity index (χ2v) is 8.61. The van der Waals surface area contributed by atoms with Gasteiger partial charge in [-0.25, -0.2) is 0 Å². The van der Waals surface area contributed by atoms with Crippen molar-refractivity contribution in [3.05, 3.63) is 107 Å². The zero-order valence-corrected chi connectivity index (χ0v) is 17.8. The fourth-order valence-electron chi connectivity index (χ4n) is 3.48. The van der Waals surface area contributed by atoms with Gasteiger partial charge in [-0.3, -0.25) is 9.69 Å². The van der Waals surface area contributed by atoms with Gasteiger partial charge in [-0.15, -0.1) is 0 Å². The third-order valence-corrected chi connectivity index (χ3v) is 5.30. The predicted octanol–water partition coefficient (Wildman–Crippen LogP) is 6.15. The van der Waals surface area contributed by atoms with Crippen molar-refractivity contribution >= 4 is 5.78 Å². The van der Waals surface area contributed by atoms with Crippen LogP contribution in [0.3, 0.4) is 0 Å². The van der Waals surface area contributed by atoms with Gasteiger partial charge < -0.3 is 0 Å². The molecule has 0 bridgehead atoms. The number of rotatable bonds is 8. The zero-order valence-electron chi connectivity index (χ0n) is 17.8. The average Bonchev–Trinajstić information content (AvgIpc) is 2.72. The molecule has 0 aromatic heterocycles. The topological polar surface area (TPSA) is 20.3 Å². The van der Waals surface area contributed by atoms with Gasteiger partial charge in [0, 0.05) is 30.6 Å². The number of nitrogens with zero attached hydrogens (tertiary/aromatic N) is 1. The molecule has 0 aliphatic carbocycles. The molecule has 29 heavy (non-hydrogen) atoms. The maximum atomic E-state index is 12.8. The molecule has 3 aromatic carbocycles. The molecular weight excluding hydrogens is 354 g/mol. The zero-order chi connectivity index (χ0) is 20.7. The van der Waals surface area contributed by atoms with E-state index in [0.29, 0.717) is 6.42 Å². The lowest BCUT2D eigenvalue weighted by atomic mass is 10.00. The van der Waals surface area contributed by atoms with Crippen LogP contribution in [0.2, 0.25) is 0 Å². The molecule has 0 aliphatic heterocycles. The van der Waals surface area contributed by atoms with Crippen molar-refractivity contribution in [3.8, 4) is 0 Å². The molecule has 150 valence electrons. The monoisotopic (exact) mass is 385 g/mol. The Morgan fingerprint density at radius 1 is 0.724 bits per heavy atom. The molecule has 2 heteroatoms. The van der Waals surface area contributed by atoms with Gasteiger partial charge in [0.1, 0.15) is 0 Å². The molecule has 0 heterocycles. The van der Waals surface area contributed by atoms with E-state index in [4.69, 9.17) is 0 Å². The molecule has 0 saturated carbocycles. The minimum absolute atomic E-state index is 0.00959. The molecule has 0 aliphatic rings. The number of ketones is 1. The maximum Gasteiger partial charge on any atom is 0.164 e. The highest BCUT2D eigenvalue weighted by Gasteiger charge is 2.22. The summed E-state index contributed by atoms with van der Waals surface area (Å²) in [4.78, 5) is 15.2. The summed E-state index contributed by atoms with van der Waals surface area (Å²) in [7, 11) is 0. The van der Waals surface area contributed by atoms with Crippen molar-refractivity contribution in [2.75, 3.05) is 6.54 Å². The summed E-state index contributed by atoms with van der Waals surface area (Å²) >= 11 is 0. The number of carbonyl (C=O) groups excluding carboxylic acids is 1. The fraction of sp³-hybridized carbons (Fsp3) is 0.296. The Labute approximate surface area is 175 Å². The van der Waals surface area contributed by atoms with E-state index in [1.54, 1.807) is 0 Å². The second kappa shape index (κ2) is 9.67. The van der Waals surface area contributed by atoms with E-state index in [9.17, 15) is 4.79 Å². The third kappa shape index (κ3) is 6.40. The Balaban J connectivity index is 1.59. The van der Waals surface area contributed by atoms with Crippen LogP contribution >= 0.6 is 0 Å². The Kier molecular flexibility index (Phi) is 7.00. The normalized spacial score (nSPS) is 11.6. The van der Waals surface area contributed by atoms with Crippen LogP contribution in [0.15, 0.2) is 84.9 Å². The highest BCUT2D eigenvalue weighted by Crippen LogP contribution is 2.19. The van der Waals surface area contributed by atoms with E-state index in [1.165, 1.54) is 16.7 Å². The number of carbonyl (C=O) groups is 1. The predicted molar refractivity (Wildman–Crippen MR) is 121 cm³/mol. The third-order valence-electron chi connectivity index (χ3n) is 5.30. The van der Waals surface area contributed by atoms with Crippen LogP contribution in [0.4, 0.5) is 0 Å². The van der Waals surface area contributed by atoms with Crippen molar-refractivity contribution in [2.45, 2.75) is 45.7 Å². The van der Waals surface area contributed by atoms with Gasteiger partial charge in [-0.05, 0) is 43.9 Å². The number of hydrogen-bond acceptors (Lipinski definition) is 2. The molecule has 0 saturated heterocycles. The SMILES string of the molecule is CC(C)(C)N(CCC(=O)c1ccc(Cc2ccccc2)cc1)Cc1ccccc1. The summed E-state index contributed by atoms with van der Waals surface area (Å²) in [5, 5.41) is 0. The summed E-state index contributed by atoms with van der Waals surface area (Å²) in [5.74, 6) is 0.207. The van der Waals surface area contributed by atoms with Crippen LogP contribution in [0.25, 0.3) is 0 Å². The smallest absolute Gasteiger partial charge is 0.164 e. The summed E-state index contributed by atoms with van der Waals surface area (Å²) in [6, 6.07) is 29.0. The van der Waals surface area contributed by atoms with E-state index in [1.807, 2.05) is 24.3 Å². The van der Waals surface area contributed by atoms with Crippen molar-refractivity contribution < 1.29 is 4.79 Å². The minimum Gasteiger partial charge on any atom is -0.294 e. The average molecular weight is 386 g/mol. The van der Waals surface area contributed by atoms with Crippen molar-refractivity contribution in [3.63, 3.8) is 0 Å². The van der Waals surface area contributed by atoms with E-state index in [2.05, 4.69) is 86.3 Å². The van der Waals surface area contributed by atoms with E-state index < -0.39 is 0 Å². The first kappa shape index (κ1) is 21.0. The van der Waals surface area contributed by atoms with Crippen LogP contribution in [0.5, 0.6) is 0 Å². The quantitative estimate of drug-likeness (QED) is 0.433. The fourth-order valence-corrected chi connectivity index (χ4v) is 3.48. The molecule has 3 rings (SSSR count). The lowest BCUT2D eigenvalue weighted by Crippen LogP contribution is -2.42. The highest BCUT2D eigenvalue weighted by atomic mass is 16.1. The Hall–Kier alpha value is -2.71. The molecule has 0 atom stereocenters. The molecule has 2 nitrogen and oxygen atoms in total. The second-order valence-electron chi connectivity index (χ2n) is 8.61. The highest BCUT2D eigenvalue weighted by molar-refractivity contribution is 5.96. The van der Waals surface area contributed by atoms with Gasteiger partial charge in [-0.1, -0.05) is 84.9 Å². The first-order valence-corrected chi connectivity index (χ1v) is 10.4. The van der Waals surface area contributed by atoms with Gasteiger partial charge in [0.2, 0.25) is 0 Å². The number of Topliss-reactive ketones (excluding diaryl/α,β-unsaturated/α-hetero) is 1. The molecule has 0 fully saturated rings. The van der Waals surface area contributed by atoms with E-state index >= 15 is 0 Å². The molecule has 0 unspecified atom stereocenters. The first-order valence-electron chi connectivity index (χ1n) is 10.4. The summed E-state index contributed by atoms with van der Waals surface area (Å²) in [6.07, 6.45) is 1.42. The molecule has 0 spiro atoms. The minimum atomic E-state index is 0.00959. The van der Waals surface area contributed by atoms with Crippen LogP contribution in [0, 0.1) is 0 Å². The summed E-state index contributed by atoms with van der Waals surface area (Å²) < 4.78 is 0. The Morgan fingerprint density at radius 2 is 1.24 bits per heavy atom. The van der Waals surface area contributed by atoms with Gasteiger partial charge in [0.25, 0.3) is 0 Å². The van der Waals surface area contributed by atoms with Crippen LogP contribution in [-0.2, 0) is 13.0 Å².